The SMILES string of the molecule is COc1ccc([C@H](C)CCNC(=O)[C@@H](C)n2cccn2)cc1. The Kier molecular flexibility index (Phi) is 5.58. The van der Waals surface area contributed by atoms with Crippen LogP contribution in [-0.2, 0) is 4.79 Å². The molecule has 5 nitrogen and oxygen atoms in total. The predicted molar refractivity (Wildman–Crippen MR) is 86.0 cm³/mol. The number of benzene rings is 1. The molecule has 0 bridgehead atoms. The van der Waals surface area contributed by atoms with Crippen molar-refractivity contribution < 1.29 is 9.53 Å². The van der Waals surface area contributed by atoms with E-state index in [9.17, 15) is 4.79 Å². The molecular formula is C17H23N3O2. The van der Waals surface area contributed by atoms with Crippen molar-refractivity contribution in [3.63, 3.8) is 0 Å². The maximum Gasteiger partial charge on any atom is 0.244 e. The first-order chi connectivity index (χ1) is 10.6. The van der Waals surface area contributed by atoms with Gasteiger partial charge in [0.1, 0.15) is 11.8 Å². The summed E-state index contributed by atoms with van der Waals surface area (Å²) in [5.74, 6) is 1.23. The van der Waals surface area contributed by atoms with Crippen LogP contribution in [0.1, 0.15) is 37.8 Å². The number of carbonyl (C=O) groups excluding carboxylic acids is 1. The third-order valence-electron chi connectivity index (χ3n) is 3.86. The van der Waals surface area contributed by atoms with Gasteiger partial charge in [-0.25, -0.2) is 0 Å². The second-order valence-corrected chi connectivity index (χ2v) is 5.42. The lowest BCUT2D eigenvalue weighted by atomic mass is 9.98. The van der Waals surface area contributed by atoms with Crippen LogP contribution in [0.3, 0.4) is 0 Å². The van der Waals surface area contributed by atoms with E-state index in [2.05, 4.69) is 29.5 Å². The summed E-state index contributed by atoms with van der Waals surface area (Å²) in [5.41, 5.74) is 1.25. The number of ether oxygens (including phenoxy) is 1. The van der Waals surface area contributed by atoms with Gasteiger partial charge in [-0.2, -0.15) is 5.10 Å². The highest BCUT2D eigenvalue weighted by molar-refractivity contribution is 5.79. The van der Waals surface area contributed by atoms with Gasteiger partial charge in [-0.15, -0.1) is 0 Å². The average Bonchev–Trinajstić information content (AvgIpc) is 3.08. The van der Waals surface area contributed by atoms with Gasteiger partial charge in [0.25, 0.3) is 0 Å². The van der Waals surface area contributed by atoms with Gasteiger partial charge < -0.3 is 10.1 Å². The first-order valence-electron chi connectivity index (χ1n) is 7.52. The van der Waals surface area contributed by atoms with E-state index >= 15 is 0 Å². The quantitative estimate of drug-likeness (QED) is 0.855. The van der Waals surface area contributed by atoms with Crippen LogP contribution < -0.4 is 10.1 Å². The molecule has 2 rings (SSSR count). The highest BCUT2D eigenvalue weighted by Crippen LogP contribution is 2.21. The molecule has 0 saturated heterocycles. The summed E-state index contributed by atoms with van der Waals surface area (Å²) in [4.78, 5) is 12.1. The number of methoxy groups -OCH3 is 1. The molecule has 0 saturated carbocycles. The first kappa shape index (κ1) is 16.1. The Bertz CT molecular complexity index is 578. The molecule has 0 radical (unpaired) electrons. The third kappa shape index (κ3) is 4.10. The van der Waals surface area contributed by atoms with Crippen molar-refractivity contribution in [2.45, 2.75) is 32.2 Å². The number of nitrogens with one attached hydrogen (secondary N) is 1. The summed E-state index contributed by atoms with van der Waals surface area (Å²) >= 11 is 0. The van der Waals surface area contributed by atoms with Crippen molar-refractivity contribution >= 4 is 5.91 Å². The molecule has 1 amide bonds. The molecule has 0 fully saturated rings. The van der Waals surface area contributed by atoms with Crippen molar-refractivity contribution in [2.75, 3.05) is 13.7 Å². The summed E-state index contributed by atoms with van der Waals surface area (Å²) in [5, 5.41) is 7.06. The Hall–Kier alpha value is -2.30. The van der Waals surface area contributed by atoms with Crippen LogP contribution in [0.5, 0.6) is 5.75 Å². The Balaban J connectivity index is 1.78. The van der Waals surface area contributed by atoms with Crippen LogP contribution in [0.2, 0.25) is 0 Å². The van der Waals surface area contributed by atoms with Gasteiger partial charge in [0.05, 0.1) is 7.11 Å². The van der Waals surface area contributed by atoms with Crippen LogP contribution in [0.4, 0.5) is 0 Å². The van der Waals surface area contributed by atoms with Crippen LogP contribution in [0.25, 0.3) is 0 Å². The van der Waals surface area contributed by atoms with Gasteiger partial charge in [0, 0.05) is 18.9 Å². The summed E-state index contributed by atoms with van der Waals surface area (Å²) in [6, 6.07) is 9.59. The van der Waals surface area contributed by atoms with Gasteiger partial charge >= 0.3 is 0 Å². The fraction of sp³-hybridized carbons (Fsp3) is 0.412. The third-order valence-corrected chi connectivity index (χ3v) is 3.86. The number of rotatable bonds is 7. The van der Waals surface area contributed by atoms with Crippen molar-refractivity contribution in [3.8, 4) is 5.75 Å². The first-order valence-corrected chi connectivity index (χ1v) is 7.52. The van der Waals surface area contributed by atoms with Crippen molar-refractivity contribution in [1.82, 2.24) is 15.1 Å². The topological polar surface area (TPSA) is 56.1 Å². The van der Waals surface area contributed by atoms with E-state index in [1.165, 1.54) is 5.56 Å². The smallest absolute Gasteiger partial charge is 0.244 e. The molecule has 0 aliphatic heterocycles. The number of amides is 1. The van der Waals surface area contributed by atoms with Crippen LogP contribution in [-0.4, -0.2) is 29.3 Å². The van der Waals surface area contributed by atoms with Gasteiger partial charge in [0.15, 0.2) is 0 Å². The molecular weight excluding hydrogens is 278 g/mol. The fourth-order valence-electron chi connectivity index (χ4n) is 2.29. The molecule has 0 spiro atoms. The van der Waals surface area contributed by atoms with Gasteiger partial charge in [-0.1, -0.05) is 19.1 Å². The molecule has 2 aromatic rings. The highest BCUT2D eigenvalue weighted by Gasteiger charge is 2.14. The molecule has 1 aromatic heterocycles. The zero-order valence-corrected chi connectivity index (χ0v) is 13.3. The lowest BCUT2D eigenvalue weighted by molar-refractivity contribution is -0.124. The zero-order valence-electron chi connectivity index (χ0n) is 13.3. The minimum absolute atomic E-state index is 0.00868. The summed E-state index contributed by atoms with van der Waals surface area (Å²) in [6.45, 7) is 4.65. The fourth-order valence-corrected chi connectivity index (χ4v) is 2.29. The molecule has 0 unspecified atom stereocenters. The maximum absolute atomic E-state index is 12.1. The Morgan fingerprint density at radius 2 is 2.05 bits per heavy atom. The van der Waals surface area contributed by atoms with Crippen molar-refractivity contribution in [2.24, 2.45) is 0 Å². The maximum atomic E-state index is 12.1. The molecule has 0 aliphatic carbocycles. The largest absolute Gasteiger partial charge is 0.497 e. The number of hydrogen-bond donors (Lipinski definition) is 1. The predicted octanol–water partition coefficient (Wildman–Crippen LogP) is 2.76. The van der Waals surface area contributed by atoms with Gasteiger partial charge in [-0.3, -0.25) is 9.48 Å². The molecule has 118 valence electrons. The summed E-state index contributed by atoms with van der Waals surface area (Å²) in [6.07, 6.45) is 4.36. The Morgan fingerprint density at radius 1 is 1.32 bits per heavy atom. The van der Waals surface area contributed by atoms with Gasteiger partial charge in [0.2, 0.25) is 5.91 Å². The van der Waals surface area contributed by atoms with E-state index < -0.39 is 0 Å². The summed E-state index contributed by atoms with van der Waals surface area (Å²) in [7, 11) is 1.66. The number of carbonyl (C=O) groups is 1. The van der Waals surface area contributed by atoms with E-state index in [-0.39, 0.29) is 11.9 Å². The van der Waals surface area contributed by atoms with E-state index in [1.807, 2.05) is 25.1 Å². The van der Waals surface area contributed by atoms with E-state index in [1.54, 1.807) is 24.2 Å². The monoisotopic (exact) mass is 301 g/mol. The zero-order chi connectivity index (χ0) is 15.9. The number of nitrogens with zero attached hydrogens (tertiary/aromatic N) is 2. The summed E-state index contributed by atoms with van der Waals surface area (Å²) < 4.78 is 6.81. The average molecular weight is 301 g/mol. The lowest BCUT2D eigenvalue weighted by Gasteiger charge is -2.15. The van der Waals surface area contributed by atoms with Gasteiger partial charge in [-0.05, 0) is 43.0 Å². The minimum atomic E-state index is -0.286. The molecule has 2 atom stereocenters. The molecule has 1 aromatic carbocycles. The standard InChI is InChI=1S/C17H23N3O2/c1-13(15-5-7-16(22-3)8-6-15)9-11-18-17(21)14(2)20-12-4-10-19-20/h4-8,10,12-14H,9,11H2,1-3H3,(H,18,21)/t13-,14-/m1/s1. The van der Waals surface area contributed by atoms with Crippen molar-refractivity contribution in [3.05, 3.63) is 48.3 Å². The number of hydrogen-bond acceptors (Lipinski definition) is 3. The number of aromatic nitrogens is 2. The Morgan fingerprint density at radius 3 is 2.64 bits per heavy atom. The molecule has 0 aliphatic rings. The molecule has 1 N–H and O–H groups in total. The Labute approximate surface area is 131 Å². The van der Waals surface area contributed by atoms with E-state index in [4.69, 9.17) is 4.74 Å². The molecule has 1 heterocycles. The molecule has 22 heavy (non-hydrogen) atoms. The minimum Gasteiger partial charge on any atom is -0.497 e. The van der Waals surface area contributed by atoms with Crippen LogP contribution in [0.15, 0.2) is 42.7 Å². The van der Waals surface area contributed by atoms with Crippen molar-refractivity contribution in [1.29, 1.82) is 0 Å². The normalized spacial score (nSPS) is 13.4. The second kappa shape index (κ2) is 7.64. The van der Waals surface area contributed by atoms with E-state index in [0.29, 0.717) is 12.5 Å². The highest BCUT2D eigenvalue weighted by atomic mass is 16.5. The lowest BCUT2D eigenvalue weighted by Crippen LogP contribution is -2.32. The second-order valence-electron chi connectivity index (χ2n) is 5.42. The molecule has 5 heteroatoms. The van der Waals surface area contributed by atoms with Crippen LogP contribution >= 0.6 is 0 Å². The van der Waals surface area contributed by atoms with E-state index in [0.717, 1.165) is 12.2 Å². The van der Waals surface area contributed by atoms with Crippen LogP contribution in [0, 0.1) is 0 Å².